The lowest BCUT2D eigenvalue weighted by molar-refractivity contribution is -0.137. The van der Waals surface area contributed by atoms with Crippen LogP contribution in [0, 0.1) is 24.7 Å². The van der Waals surface area contributed by atoms with Crippen LogP contribution in [-0.2, 0) is 17.5 Å². The molecule has 1 aliphatic rings. The maximum absolute atomic E-state index is 13.1. The number of halogens is 3. The van der Waals surface area contributed by atoms with E-state index in [4.69, 9.17) is 4.74 Å². The Morgan fingerprint density at radius 3 is 2.31 bits per heavy atom. The number of carbonyl (C=O) groups excluding carboxylic acids is 1. The number of hydrogen-bond donors (Lipinski definition) is 2. The molecule has 0 saturated heterocycles. The van der Waals surface area contributed by atoms with Gasteiger partial charge in [-0.1, -0.05) is 56.3 Å². The fourth-order valence-corrected chi connectivity index (χ4v) is 5.07. The van der Waals surface area contributed by atoms with Crippen molar-refractivity contribution in [2.75, 3.05) is 0 Å². The third kappa shape index (κ3) is 7.66. The number of ether oxygens (including phenoxy) is 1. The van der Waals surface area contributed by atoms with Crippen molar-refractivity contribution in [3.8, 4) is 16.9 Å². The highest BCUT2D eigenvalue weighted by Crippen LogP contribution is 2.37. The first kappa shape index (κ1) is 31.0. The quantitative estimate of drug-likeness (QED) is 0.277. The van der Waals surface area contributed by atoms with Crippen LogP contribution in [-0.4, -0.2) is 32.6 Å². The van der Waals surface area contributed by atoms with Crippen molar-refractivity contribution < 1.29 is 22.7 Å². The van der Waals surface area contributed by atoms with Crippen LogP contribution in [0.15, 0.2) is 60.2 Å². The maximum atomic E-state index is 13.1. The van der Waals surface area contributed by atoms with Gasteiger partial charge in [0.05, 0.1) is 17.5 Å². The van der Waals surface area contributed by atoms with E-state index in [0.717, 1.165) is 52.8 Å². The molecule has 1 aromatic heterocycles. The van der Waals surface area contributed by atoms with E-state index in [0.29, 0.717) is 18.0 Å². The number of nitrogens with zero attached hydrogens (tertiary/aromatic N) is 3. The number of amides is 1. The summed E-state index contributed by atoms with van der Waals surface area (Å²) in [5.74, 6) is 0.977. The predicted molar refractivity (Wildman–Crippen MR) is 155 cm³/mol. The summed E-state index contributed by atoms with van der Waals surface area (Å²) >= 11 is 0. The van der Waals surface area contributed by atoms with Crippen molar-refractivity contribution in [2.45, 2.75) is 79.6 Å². The highest BCUT2D eigenvalue weighted by atomic mass is 19.4. The number of carbonyl (C=O) groups is 1. The van der Waals surface area contributed by atoms with Crippen LogP contribution in [0.1, 0.15) is 69.5 Å². The number of alkyl halides is 3. The summed E-state index contributed by atoms with van der Waals surface area (Å²) < 4.78 is 45.8. The average molecular weight is 582 g/mol. The number of hydrogen-bond acceptors (Lipinski definition) is 5. The second-order valence-corrected chi connectivity index (χ2v) is 12.4. The molecule has 0 fully saturated rings. The number of benzene rings is 2. The maximum Gasteiger partial charge on any atom is 0.416 e. The minimum absolute atomic E-state index is 0.0996. The summed E-state index contributed by atoms with van der Waals surface area (Å²) in [6.07, 6.45) is 3.57. The van der Waals surface area contributed by atoms with Gasteiger partial charge in [0.15, 0.2) is 5.82 Å². The minimum Gasteiger partial charge on any atom is -0.486 e. The second kappa shape index (κ2) is 12.1. The third-order valence-corrected chi connectivity index (χ3v) is 7.53. The van der Waals surface area contributed by atoms with Crippen molar-refractivity contribution in [2.24, 2.45) is 10.8 Å². The zero-order valence-corrected chi connectivity index (χ0v) is 24.9. The van der Waals surface area contributed by atoms with Crippen LogP contribution in [0.4, 0.5) is 13.2 Å². The molecule has 224 valence electrons. The number of H-pyrrole nitrogens is 1. The number of tetrazole rings is 1. The number of aromatic amines is 1. The molecule has 1 heterocycles. The first-order valence-corrected chi connectivity index (χ1v) is 14.0. The Labute approximate surface area is 244 Å². The molecule has 0 radical (unpaired) electrons. The molecule has 2 aromatic carbocycles. The van der Waals surface area contributed by atoms with E-state index in [1.54, 1.807) is 0 Å². The summed E-state index contributed by atoms with van der Waals surface area (Å²) in [6.45, 7) is 12.5. The average Bonchev–Trinajstić information content (AvgIpc) is 3.43. The van der Waals surface area contributed by atoms with Crippen LogP contribution in [0.5, 0.6) is 5.75 Å². The molecule has 1 amide bonds. The first-order chi connectivity index (χ1) is 19.6. The van der Waals surface area contributed by atoms with Gasteiger partial charge in [0, 0.05) is 0 Å². The molecule has 42 heavy (non-hydrogen) atoms. The van der Waals surface area contributed by atoms with E-state index in [1.807, 2.05) is 45.1 Å². The summed E-state index contributed by atoms with van der Waals surface area (Å²) in [5, 5.41) is 16.5. The van der Waals surface area contributed by atoms with E-state index >= 15 is 0 Å². The van der Waals surface area contributed by atoms with E-state index in [9.17, 15) is 18.0 Å². The molecule has 0 bridgehead atoms. The molecule has 2 unspecified atom stereocenters. The number of rotatable bonds is 9. The molecule has 0 aliphatic heterocycles. The lowest BCUT2D eigenvalue weighted by Crippen LogP contribution is -2.38. The molecule has 0 saturated carbocycles. The van der Waals surface area contributed by atoms with E-state index in [2.05, 4.69) is 52.8 Å². The van der Waals surface area contributed by atoms with Crippen LogP contribution in [0.25, 0.3) is 11.1 Å². The Hall–Kier alpha value is -3.95. The fraction of sp³-hybridized carbons (Fsp3) is 0.438. The summed E-state index contributed by atoms with van der Waals surface area (Å²) in [5.41, 5.74) is 3.16. The topological polar surface area (TPSA) is 92.8 Å². The van der Waals surface area contributed by atoms with E-state index in [1.165, 1.54) is 12.1 Å². The Morgan fingerprint density at radius 2 is 1.79 bits per heavy atom. The smallest absolute Gasteiger partial charge is 0.416 e. The van der Waals surface area contributed by atoms with Crippen molar-refractivity contribution in [1.82, 2.24) is 25.9 Å². The summed E-state index contributed by atoms with van der Waals surface area (Å²) in [7, 11) is 0. The zero-order valence-electron chi connectivity index (χ0n) is 24.9. The number of nitrogens with one attached hydrogen (secondary N) is 2. The molecule has 10 heteroatoms. The first-order valence-electron chi connectivity index (χ1n) is 14.0. The highest BCUT2D eigenvalue weighted by Gasteiger charge is 2.33. The molecule has 2 atom stereocenters. The Balaban J connectivity index is 1.52. The van der Waals surface area contributed by atoms with Gasteiger partial charge < -0.3 is 10.1 Å². The third-order valence-electron chi connectivity index (χ3n) is 7.53. The Morgan fingerprint density at radius 1 is 1.12 bits per heavy atom. The van der Waals surface area contributed by atoms with Gasteiger partial charge in [-0.05, 0) is 97.5 Å². The molecular formula is C32H38F3N5O2. The van der Waals surface area contributed by atoms with Crippen molar-refractivity contribution in [3.63, 3.8) is 0 Å². The van der Waals surface area contributed by atoms with Crippen molar-refractivity contribution >= 4 is 5.91 Å². The second-order valence-electron chi connectivity index (χ2n) is 12.4. The predicted octanol–water partition coefficient (Wildman–Crippen LogP) is 7.29. The summed E-state index contributed by atoms with van der Waals surface area (Å²) in [4.78, 5) is 13.0. The Kier molecular flexibility index (Phi) is 8.94. The monoisotopic (exact) mass is 581 g/mol. The van der Waals surface area contributed by atoms with Gasteiger partial charge in [0.25, 0.3) is 0 Å². The van der Waals surface area contributed by atoms with Gasteiger partial charge in [-0.25, -0.2) is 0 Å². The molecule has 2 N–H and O–H groups in total. The van der Waals surface area contributed by atoms with Crippen LogP contribution in [0.2, 0.25) is 0 Å². The number of aromatic nitrogens is 4. The van der Waals surface area contributed by atoms with Gasteiger partial charge in [-0.3, -0.25) is 4.79 Å². The fourth-order valence-electron chi connectivity index (χ4n) is 5.07. The highest BCUT2D eigenvalue weighted by molar-refractivity contribution is 5.84. The van der Waals surface area contributed by atoms with E-state index in [-0.39, 0.29) is 24.0 Å². The van der Waals surface area contributed by atoms with Crippen LogP contribution >= 0.6 is 0 Å². The minimum atomic E-state index is -4.37. The Bertz CT molecular complexity index is 1430. The number of aryl methyl sites for hydroxylation is 2. The SMILES string of the molecule is Cc1cc(OC(CCC(C)(C)C)C2=CCC(C)(C(=O)NCc3nn[nH]n3)C=C2)cc(C)c1-c1ccc(C(F)(F)F)cc1. The zero-order chi connectivity index (χ0) is 30.7. The molecule has 4 rings (SSSR count). The van der Waals surface area contributed by atoms with Crippen LogP contribution < -0.4 is 10.1 Å². The molecule has 3 aromatic rings. The van der Waals surface area contributed by atoms with Gasteiger partial charge in [-0.15, -0.1) is 10.2 Å². The van der Waals surface area contributed by atoms with Crippen molar-refractivity contribution in [3.05, 3.63) is 82.7 Å². The lowest BCUT2D eigenvalue weighted by atomic mass is 9.79. The van der Waals surface area contributed by atoms with Gasteiger partial charge in [0.1, 0.15) is 11.9 Å². The molecule has 7 nitrogen and oxygen atoms in total. The van der Waals surface area contributed by atoms with Gasteiger partial charge >= 0.3 is 6.18 Å². The lowest BCUT2D eigenvalue weighted by Gasteiger charge is -2.30. The largest absolute Gasteiger partial charge is 0.486 e. The van der Waals surface area contributed by atoms with Crippen molar-refractivity contribution in [1.29, 1.82) is 0 Å². The van der Waals surface area contributed by atoms with Gasteiger partial charge in [-0.2, -0.15) is 18.4 Å². The normalized spacial score (nSPS) is 18.0. The number of allylic oxidation sites excluding steroid dienone is 1. The molecule has 1 aliphatic carbocycles. The standard InChI is InChI=1S/C32H38F3N5O2/c1-20-17-25(18-21(2)28(20)23-7-9-24(10-8-23)32(33,34)35)42-26(13-14-30(3,4)5)22-11-15-31(6,16-12-22)29(41)36-19-27-37-39-40-38-27/h7-12,15,17-18,26H,13-14,16,19H2,1-6H3,(H,36,41)(H,37,38,39,40). The van der Waals surface area contributed by atoms with Gasteiger partial charge in [0.2, 0.25) is 5.91 Å². The van der Waals surface area contributed by atoms with Crippen LogP contribution in [0.3, 0.4) is 0 Å². The summed E-state index contributed by atoms with van der Waals surface area (Å²) in [6, 6.07) is 9.12. The molecular weight excluding hydrogens is 543 g/mol. The molecule has 0 spiro atoms. The van der Waals surface area contributed by atoms with E-state index < -0.39 is 17.2 Å².